The molecule has 5 nitrogen and oxygen atoms in total. The lowest BCUT2D eigenvalue weighted by molar-refractivity contribution is -0.136. The monoisotopic (exact) mass is 361 g/mol. The zero-order chi connectivity index (χ0) is 18.6. The number of nitrogens with one attached hydrogen (secondary N) is 2. The predicted octanol–water partition coefficient (Wildman–Crippen LogP) is 2.01. The Morgan fingerprint density at radius 2 is 1.96 bits per heavy atom. The van der Waals surface area contributed by atoms with Crippen LogP contribution in [-0.2, 0) is 16.0 Å². The van der Waals surface area contributed by atoms with Crippen LogP contribution in [-0.4, -0.2) is 47.9 Å². The minimum absolute atomic E-state index is 0.0373. The van der Waals surface area contributed by atoms with Crippen LogP contribution in [0.3, 0.4) is 0 Å². The number of nitrogens with zero attached hydrogens (tertiary/aromatic N) is 1. The Morgan fingerprint density at radius 1 is 1.27 bits per heavy atom. The number of hydrogen-bond acceptors (Lipinski definition) is 3. The molecule has 0 bridgehead atoms. The molecule has 1 spiro atoms. The third-order valence-corrected chi connectivity index (χ3v) is 5.61. The van der Waals surface area contributed by atoms with E-state index in [9.17, 15) is 14.0 Å². The summed E-state index contributed by atoms with van der Waals surface area (Å²) in [6.45, 7) is 3.95. The smallest absolute Gasteiger partial charge is 0.223 e. The zero-order valence-corrected chi connectivity index (χ0v) is 15.4. The van der Waals surface area contributed by atoms with Gasteiger partial charge in [-0.2, -0.15) is 0 Å². The van der Waals surface area contributed by atoms with Gasteiger partial charge in [-0.1, -0.05) is 12.1 Å². The van der Waals surface area contributed by atoms with Crippen LogP contribution in [0.4, 0.5) is 4.39 Å². The van der Waals surface area contributed by atoms with Crippen LogP contribution < -0.4 is 10.6 Å². The van der Waals surface area contributed by atoms with E-state index in [0.717, 1.165) is 50.8 Å². The highest BCUT2D eigenvalue weighted by molar-refractivity contribution is 5.78. The molecule has 1 aromatic carbocycles. The first-order valence-corrected chi connectivity index (χ1v) is 9.51. The summed E-state index contributed by atoms with van der Waals surface area (Å²) in [5.74, 6) is -0.106. The van der Waals surface area contributed by atoms with Crippen LogP contribution in [0.1, 0.15) is 44.6 Å². The summed E-state index contributed by atoms with van der Waals surface area (Å²) in [6.07, 6.45) is 4.72. The molecule has 0 saturated carbocycles. The molecule has 2 N–H and O–H groups in total. The fraction of sp³-hybridized carbons (Fsp3) is 0.600. The van der Waals surface area contributed by atoms with Crippen molar-refractivity contribution < 1.29 is 14.0 Å². The van der Waals surface area contributed by atoms with E-state index >= 15 is 0 Å². The number of halogens is 1. The Kier molecular flexibility index (Phi) is 5.91. The summed E-state index contributed by atoms with van der Waals surface area (Å²) in [6, 6.07) is 6.51. The van der Waals surface area contributed by atoms with Gasteiger partial charge in [-0.15, -0.1) is 0 Å². The maximum absolute atomic E-state index is 13.0. The Morgan fingerprint density at radius 3 is 2.62 bits per heavy atom. The quantitative estimate of drug-likeness (QED) is 0.843. The Labute approximate surface area is 154 Å². The molecular weight excluding hydrogens is 333 g/mol. The highest BCUT2D eigenvalue weighted by Crippen LogP contribution is 2.37. The Balaban J connectivity index is 1.59. The van der Waals surface area contributed by atoms with Crippen LogP contribution in [0, 0.1) is 5.82 Å². The number of aryl methyl sites for hydroxylation is 1. The van der Waals surface area contributed by atoms with Gasteiger partial charge >= 0.3 is 0 Å². The number of piperidine rings is 1. The fourth-order valence-electron chi connectivity index (χ4n) is 4.39. The van der Waals surface area contributed by atoms with E-state index in [1.54, 1.807) is 12.1 Å². The summed E-state index contributed by atoms with van der Waals surface area (Å²) in [4.78, 5) is 26.4. The van der Waals surface area contributed by atoms with E-state index in [1.165, 1.54) is 19.1 Å². The van der Waals surface area contributed by atoms with Gasteiger partial charge in [-0.25, -0.2) is 4.39 Å². The first kappa shape index (κ1) is 18.8. The molecule has 1 unspecified atom stereocenters. The third-order valence-electron chi connectivity index (χ3n) is 5.61. The van der Waals surface area contributed by atoms with Crippen molar-refractivity contribution in [2.24, 2.45) is 0 Å². The van der Waals surface area contributed by atoms with Gasteiger partial charge in [-0.3, -0.25) is 9.59 Å². The van der Waals surface area contributed by atoms with Crippen molar-refractivity contribution in [1.29, 1.82) is 0 Å². The van der Waals surface area contributed by atoms with Gasteiger partial charge in [0.05, 0.1) is 0 Å². The molecule has 142 valence electrons. The lowest BCUT2D eigenvalue weighted by Gasteiger charge is -2.41. The van der Waals surface area contributed by atoms with Crippen LogP contribution in [0.5, 0.6) is 0 Å². The normalized spacial score (nSPS) is 21.8. The molecule has 2 heterocycles. The van der Waals surface area contributed by atoms with E-state index in [1.807, 2.05) is 4.90 Å². The molecule has 6 heteroatoms. The van der Waals surface area contributed by atoms with Crippen molar-refractivity contribution in [3.8, 4) is 0 Å². The minimum Gasteiger partial charge on any atom is -0.352 e. The van der Waals surface area contributed by atoms with Crippen LogP contribution in [0.25, 0.3) is 0 Å². The zero-order valence-electron chi connectivity index (χ0n) is 15.4. The Bertz CT molecular complexity index is 641. The predicted molar refractivity (Wildman–Crippen MR) is 98.1 cm³/mol. The number of benzene rings is 1. The number of carbonyl (C=O) groups excluding carboxylic acids is 2. The van der Waals surface area contributed by atoms with Crippen LogP contribution in [0.2, 0.25) is 0 Å². The summed E-state index contributed by atoms with van der Waals surface area (Å²) in [5.41, 5.74) is 0.930. The molecule has 1 aromatic rings. The van der Waals surface area contributed by atoms with Crippen LogP contribution >= 0.6 is 0 Å². The van der Waals surface area contributed by atoms with Crippen molar-refractivity contribution in [2.45, 2.75) is 57.0 Å². The first-order chi connectivity index (χ1) is 12.5. The molecule has 26 heavy (non-hydrogen) atoms. The molecule has 0 aromatic heterocycles. The molecule has 0 radical (unpaired) electrons. The second-order valence-corrected chi connectivity index (χ2v) is 7.56. The van der Waals surface area contributed by atoms with Crippen molar-refractivity contribution >= 4 is 11.8 Å². The molecule has 2 fully saturated rings. The lowest BCUT2D eigenvalue weighted by atomic mass is 9.84. The van der Waals surface area contributed by atoms with E-state index in [4.69, 9.17) is 0 Å². The van der Waals surface area contributed by atoms with Gasteiger partial charge < -0.3 is 15.5 Å². The molecule has 2 aliphatic rings. The van der Waals surface area contributed by atoms with E-state index in [-0.39, 0.29) is 29.2 Å². The van der Waals surface area contributed by atoms with Gasteiger partial charge in [0.15, 0.2) is 0 Å². The third kappa shape index (κ3) is 4.41. The molecule has 2 amide bonds. The van der Waals surface area contributed by atoms with E-state index in [0.29, 0.717) is 13.0 Å². The molecule has 1 atom stereocenters. The lowest BCUT2D eigenvalue weighted by Crippen LogP contribution is -2.53. The van der Waals surface area contributed by atoms with Crippen molar-refractivity contribution in [3.63, 3.8) is 0 Å². The average molecular weight is 361 g/mol. The second-order valence-electron chi connectivity index (χ2n) is 7.56. The SMILES string of the molecule is CC(=O)NC1CN(C(=O)CCCc2ccc(F)cc2)C2(CCNCC2)C1. The second kappa shape index (κ2) is 8.16. The number of likely N-dealkylation sites (tertiary alicyclic amines) is 1. The molecule has 0 aliphatic carbocycles. The maximum atomic E-state index is 13.0. The van der Waals surface area contributed by atoms with Gasteiger partial charge in [-0.05, 0) is 62.9 Å². The van der Waals surface area contributed by atoms with Gasteiger partial charge in [0.1, 0.15) is 5.82 Å². The number of carbonyl (C=O) groups is 2. The average Bonchev–Trinajstić information content (AvgIpc) is 2.94. The molecule has 2 saturated heterocycles. The number of amides is 2. The summed E-state index contributed by atoms with van der Waals surface area (Å²) >= 11 is 0. The number of hydrogen-bond donors (Lipinski definition) is 2. The topological polar surface area (TPSA) is 61.4 Å². The molecule has 3 rings (SSSR count). The largest absolute Gasteiger partial charge is 0.352 e. The van der Waals surface area contributed by atoms with Crippen LogP contribution in [0.15, 0.2) is 24.3 Å². The van der Waals surface area contributed by atoms with Gasteiger partial charge in [0.25, 0.3) is 0 Å². The van der Waals surface area contributed by atoms with Crippen molar-refractivity contribution in [1.82, 2.24) is 15.5 Å². The minimum atomic E-state index is -0.237. The Hall–Kier alpha value is -1.95. The van der Waals surface area contributed by atoms with Gasteiger partial charge in [0.2, 0.25) is 11.8 Å². The summed E-state index contributed by atoms with van der Waals surface area (Å²) in [7, 11) is 0. The summed E-state index contributed by atoms with van der Waals surface area (Å²) in [5, 5.41) is 6.36. The maximum Gasteiger partial charge on any atom is 0.223 e. The highest BCUT2D eigenvalue weighted by atomic mass is 19.1. The first-order valence-electron chi connectivity index (χ1n) is 9.51. The highest BCUT2D eigenvalue weighted by Gasteiger charge is 2.48. The summed E-state index contributed by atoms with van der Waals surface area (Å²) < 4.78 is 13.0. The standard InChI is InChI=1S/C20H28FN3O2/c1-15(25)23-18-13-20(9-11-22-12-10-20)24(14-18)19(26)4-2-3-16-5-7-17(21)8-6-16/h5-8,18,22H,2-4,9-14H2,1H3,(H,23,25). The van der Waals surface area contributed by atoms with E-state index in [2.05, 4.69) is 10.6 Å². The molecular formula is C20H28FN3O2. The van der Waals surface area contributed by atoms with Gasteiger partial charge in [0, 0.05) is 31.5 Å². The molecule has 2 aliphatic heterocycles. The van der Waals surface area contributed by atoms with Crippen molar-refractivity contribution in [2.75, 3.05) is 19.6 Å². The van der Waals surface area contributed by atoms with Crippen molar-refractivity contribution in [3.05, 3.63) is 35.6 Å². The fourth-order valence-corrected chi connectivity index (χ4v) is 4.39. The number of rotatable bonds is 5. The van der Waals surface area contributed by atoms with E-state index < -0.39 is 0 Å².